The zero-order valence-electron chi connectivity index (χ0n) is 15.6. The van der Waals surface area contributed by atoms with E-state index in [9.17, 15) is 13.2 Å². The van der Waals surface area contributed by atoms with E-state index in [0.717, 1.165) is 43.5 Å². The van der Waals surface area contributed by atoms with Gasteiger partial charge in [-0.2, -0.15) is 9.40 Å². The molecule has 1 aliphatic carbocycles. The lowest BCUT2D eigenvalue weighted by Gasteiger charge is -2.33. The van der Waals surface area contributed by atoms with Gasteiger partial charge in [0.05, 0.1) is 24.2 Å². The predicted octanol–water partition coefficient (Wildman–Crippen LogP) is 0.912. The van der Waals surface area contributed by atoms with Crippen LogP contribution in [0.1, 0.15) is 49.1 Å². The number of fused-ring (bicyclic) bond motifs is 1. The van der Waals surface area contributed by atoms with Crippen molar-refractivity contribution in [2.75, 3.05) is 19.3 Å². The van der Waals surface area contributed by atoms with Crippen LogP contribution in [0.25, 0.3) is 0 Å². The van der Waals surface area contributed by atoms with Crippen LogP contribution in [0.2, 0.25) is 0 Å². The minimum Gasteiger partial charge on any atom is -0.337 e. The summed E-state index contributed by atoms with van der Waals surface area (Å²) in [5, 5.41) is 10.3. The number of nitrogens with zero attached hydrogens (tertiary/aromatic N) is 3. The molecule has 0 spiro atoms. The Bertz CT molecular complexity index is 759. The van der Waals surface area contributed by atoms with E-state index in [1.165, 1.54) is 29.0 Å². The number of piperidine rings is 1. The lowest BCUT2D eigenvalue weighted by molar-refractivity contribution is 0.224. The largest absolute Gasteiger partial charge is 0.337 e. The normalized spacial score (nSPS) is 21.2. The summed E-state index contributed by atoms with van der Waals surface area (Å²) in [4.78, 5) is 12.2. The Balaban J connectivity index is 1.53. The maximum atomic E-state index is 12.2. The van der Waals surface area contributed by atoms with E-state index in [4.69, 9.17) is 0 Å². The van der Waals surface area contributed by atoms with Crippen LogP contribution in [0.4, 0.5) is 4.79 Å². The topological polar surface area (TPSA) is 96.3 Å². The van der Waals surface area contributed by atoms with Crippen molar-refractivity contribution in [3.05, 3.63) is 17.0 Å². The average molecular weight is 384 g/mol. The van der Waals surface area contributed by atoms with Crippen molar-refractivity contribution >= 4 is 16.1 Å². The van der Waals surface area contributed by atoms with E-state index in [1.54, 1.807) is 0 Å². The fourth-order valence-corrected chi connectivity index (χ4v) is 5.20. The van der Waals surface area contributed by atoms with Crippen LogP contribution in [0.5, 0.6) is 0 Å². The van der Waals surface area contributed by atoms with Gasteiger partial charge in [0.1, 0.15) is 0 Å². The highest BCUT2D eigenvalue weighted by Crippen LogP contribution is 2.23. The lowest BCUT2D eigenvalue weighted by Crippen LogP contribution is -2.50. The number of urea groups is 1. The second kappa shape index (κ2) is 7.96. The second-order valence-electron chi connectivity index (χ2n) is 7.29. The minimum atomic E-state index is -3.24. The first-order valence-electron chi connectivity index (χ1n) is 9.38. The molecule has 0 bridgehead atoms. The molecule has 2 aliphatic rings. The standard InChI is InChI=1S/C17H29N5O3S/c1-21-16(14-8-3-4-9-15(14)20-21)12-19-17(23)18-11-13-7-5-6-10-22(13)26(2,24)25/h13H,3-12H2,1-2H3,(H2,18,19,23). The summed E-state index contributed by atoms with van der Waals surface area (Å²) < 4.78 is 27.1. The fourth-order valence-electron chi connectivity index (χ4n) is 4.02. The molecule has 1 fully saturated rings. The number of hydrogen-bond donors (Lipinski definition) is 2. The smallest absolute Gasteiger partial charge is 0.315 e. The van der Waals surface area contributed by atoms with Crippen molar-refractivity contribution in [1.82, 2.24) is 24.7 Å². The van der Waals surface area contributed by atoms with Gasteiger partial charge >= 0.3 is 6.03 Å². The van der Waals surface area contributed by atoms with Gasteiger partial charge in [-0.05, 0) is 44.1 Å². The summed E-state index contributed by atoms with van der Waals surface area (Å²) in [7, 11) is -1.32. The molecule has 8 nitrogen and oxygen atoms in total. The second-order valence-corrected chi connectivity index (χ2v) is 9.22. The first-order chi connectivity index (χ1) is 12.4. The number of carbonyl (C=O) groups is 1. The maximum Gasteiger partial charge on any atom is 0.315 e. The Morgan fingerprint density at radius 3 is 2.73 bits per heavy atom. The van der Waals surface area contributed by atoms with Crippen LogP contribution in [-0.2, 0) is 36.5 Å². The molecule has 1 saturated heterocycles. The third-order valence-electron chi connectivity index (χ3n) is 5.36. The molecule has 2 amide bonds. The number of amides is 2. The van der Waals surface area contributed by atoms with E-state index >= 15 is 0 Å². The Morgan fingerprint density at radius 1 is 1.19 bits per heavy atom. The summed E-state index contributed by atoms with van der Waals surface area (Å²) in [5.74, 6) is 0. The number of sulfonamides is 1. The Hall–Kier alpha value is -1.61. The van der Waals surface area contributed by atoms with Gasteiger partial charge in [0.2, 0.25) is 10.0 Å². The van der Waals surface area contributed by atoms with Crippen molar-refractivity contribution in [2.45, 2.75) is 57.5 Å². The molecular weight excluding hydrogens is 354 g/mol. The van der Waals surface area contributed by atoms with Gasteiger partial charge in [-0.1, -0.05) is 6.42 Å². The first kappa shape index (κ1) is 19.2. The molecule has 0 saturated carbocycles. The number of aryl methyl sites for hydroxylation is 2. The summed E-state index contributed by atoms with van der Waals surface area (Å²) in [6, 6.07) is -0.427. The van der Waals surface area contributed by atoms with Crippen LogP contribution in [0, 0.1) is 0 Å². The van der Waals surface area contributed by atoms with E-state index < -0.39 is 10.0 Å². The number of hydrogen-bond acceptors (Lipinski definition) is 4. The Labute approximate surface area is 155 Å². The zero-order chi connectivity index (χ0) is 18.7. The summed E-state index contributed by atoms with van der Waals surface area (Å²) >= 11 is 0. The molecule has 9 heteroatoms. The number of rotatable bonds is 5. The van der Waals surface area contributed by atoms with Crippen LogP contribution in [0.15, 0.2) is 0 Å². The maximum absolute atomic E-state index is 12.2. The lowest BCUT2D eigenvalue weighted by atomic mass is 9.96. The van der Waals surface area contributed by atoms with Gasteiger partial charge in [-0.3, -0.25) is 4.68 Å². The third-order valence-corrected chi connectivity index (χ3v) is 6.69. The van der Waals surface area contributed by atoms with E-state index in [1.807, 2.05) is 11.7 Å². The van der Waals surface area contributed by atoms with E-state index in [2.05, 4.69) is 15.7 Å². The van der Waals surface area contributed by atoms with Crippen molar-refractivity contribution in [3.8, 4) is 0 Å². The Kier molecular flexibility index (Phi) is 5.86. The minimum absolute atomic E-state index is 0.158. The van der Waals surface area contributed by atoms with Gasteiger partial charge < -0.3 is 10.6 Å². The first-order valence-corrected chi connectivity index (χ1v) is 11.2. The molecule has 1 aliphatic heterocycles. The van der Waals surface area contributed by atoms with Gasteiger partial charge in [0, 0.05) is 26.2 Å². The quantitative estimate of drug-likeness (QED) is 0.790. The molecule has 1 unspecified atom stereocenters. The predicted molar refractivity (Wildman–Crippen MR) is 99.3 cm³/mol. The van der Waals surface area contributed by atoms with Gasteiger partial charge in [0.15, 0.2) is 0 Å². The van der Waals surface area contributed by atoms with Crippen LogP contribution >= 0.6 is 0 Å². The van der Waals surface area contributed by atoms with Crippen LogP contribution < -0.4 is 10.6 Å². The molecule has 1 atom stereocenters. The van der Waals surface area contributed by atoms with Crippen molar-refractivity contribution < 1.29 is 13.2 Å². The summed E-state index contributed by atoms with van der Waals surface area (Å²) in [6.07, 6.45) is 8.25. The molecule has 26 heavy (non-hydrogen) atoms. The van der Waals surface area contributed by atoms with E-state index in [0.29, 0.717) is 19.6 Å². The molecule has 2 heterocycles. The zero-order valence-corrected chi connectivity index (χ0v) is 16.4. The van der Waals surface area contributed by atoms with Gasteiger partial charge in [0.25, 0.3) is 0 Å². The molecule has 2 N–H and O–H groups in total. The number of nitrogens with one attached hydrogen (secondary N) is 2. The molecule has 0 radical (unpaired) electrons. The molecule has 1 aromatic heterocycles. The van der Waals surface area contributed by atoms with Crippen LogP contribution in [0.3, 0.4) is 0 Å². The Morgan fingerprint density at radius 2 is 1.96 bits per heavy atom. The van der Waals surface area contributed by atoms with Gasteiger partial charge in [-0.15, -0.1) is 0 Å². The number of carbonyl (C=O) groups excluding carboxylic acids is 1. The van der Waals surface area contributed by atoms with Crippen LogP contribution in [-0.4, -0.2) is 53.9 Å². The van der Waals surface area contributed by atoms with Crippen molar-refractivity contribution in [2.24, 2.45) is 7.05 Å². The summed E-state index contributed by atoms with van der Waals surface area (Å²) in [5.41, 5.74) is 3.49. The van der Waals surface area contributed by atoms with Crippen molar-refractivity contribution in [1.29, 1.82) is 0 Å². The molecule has 146 valence electrons. The third kappa shape index (κ3) is 4.37. The highest BCUT2D eigenvalue weighted by atomic mass is 32.2. The highest BCUT2D eigenvalue weighted by Gasteiger charge is 2.29. The van der Waals surface area contributed by atoms with Crippen molar-refractivity contribution in [3.63, 3.8) is 0 Å². The monoisotopic (exact) mass is 383 g/mol. The average Bonchev–Trinajstić information content (AvgIpc) is 2.92. The summed E-state index contributed by atoms with van der Waals surface area (Å²) in [6.45, 7) is 1.31. The SMILES string of the molecule is Cn1nc2c(c1CNC(=O)NCC1CCCCN1S(C)(=O)=O)CCCC2. The molecule has 0 aromatic carbocycles. The van der Waals surface area contributed by atoms with E-state index in [-0.39, 0.29) is 12.1 Å². The number of aromatic nitrogens is 2. The van der Waals surface area contributed by atoms with Gasteiger partial charge in [-0.25, -0.2) is 13.2 Å². The molecule has 3 rings (SSSR count). The highest BCUT2D eigenvalue weighted by molar-refractivity contribution is 7.88. The molecule has 1 aromatic rings. The molecular formula is C17H29N5O3S. The fraction of sp³-hybridized carbons (Fsp3) is 0.765.